The molecule has 0 aliphatic carbocycles. The first-order chi connectivity index (χ1) is 26.1. The molecule has 4 unspecified atom stereocenters. The maximum absolute atomic E-state index is 14.6. The molecule has 4 aliphatic rings. The molecule has 3 aromatic rings. The lowest BCUT2D eigenvalue weighted by molar-refractivity contribution is -0.144. The van der Waals surface area contributed by atoms with Crippen molar-refractivity contribution in [3.63, 3.8) is 0 Å². The summed E-state index contributed by atoms with van der Waals surface area (Å²) in [4.78, 5) is 62.2. The third-order valence-electron chi connectivity index (χ3n) is 10.6. The summed E-state index contributed by atoms with van der Waals surface area (Å²) in [5.74, 6) is -0.591. The lowest BCUT2D eigenvalue weighted by Gasteiger charge is -2.46. The largest absolute Gasteiger partial charge is 0.469 e. The van der Waals surface area contributed by atoms with Crippen molar-refractivity contribution in [2.24, 2.45) is 0 Å². The van der Waals surface area contributed by atoms with Crippen LogP contribution in [0, 0.1) is 0 Å². The van der Waals surface area contributed by atoms with Crippen molar-refractivity contribution >= 4 is 39.6 Å². The number of carbonyl (C=O) groups is 4. The number of nitrogens with zero attached hydrogens (tertiary/aromatic N) is 4. The van der Waals surface area contributed by atoms with Crippen LogP contribution in [0.3, 0.4) is 0 Å². The molecular formula is C40H43F3N5O5S+. The van der Waals surface area contributed by atoms with Crippen LogP contribution >= 0.6 is 0 Å². The molecule has 4 fully saturated rings. The Hall–Kier alpha value is -4.82. The van der Waals surface area contributed by atoms with Gasteiger partial charge in [0.05, 0.1) is 11.6 Å². The fourth-order valence-corrected chi connectivity index (χ4v) is 9.62. The number of likely N-dealkylation sites (tertiary alicyclic amines) is 2. The summed E-state index contributed by atoms with van der Waals surface area (Å²) in [7, 11) is 0. The Balaban J connectivity index is 1.20. The first-order valence-corrected chi connectivity index (χ1v) is 19.6. The molecule has 54 heavy (non-hydrogen) atoms. The van der Waals surface area contributed by atoms with Crippen molar-refractivity contribution in [1.82, 2.24) is 24.3 Å². The van der Waals surface area contributed by atoms with E-state index >= 15 is 0 Å². The minimum atomic E-state index is -4.58. The number of carbonyl (C=O) groups excluding carboxylic acids is 4. The van der Waals surface area contributed by atoms with Crippen molar-refractivity contribution in [1.29, 1.82) is 0 Å². The molecule has 4 aliphatic heterocycles. The van der Waals surface area contributed by atoms with E-state index < -0.39 is 63.4 Å². The fourth-order valence-electron chi connectivity index (χ4n) is 7.77. The summed E-state index contributed by atoms with van der Waals surface area (Å²) in [6, 6.07) is 20.9. The van der Waals surface area contributed by atoms with E-state index in [1.165, 1.54) is 27.8 Å². The molecular weight excluding hydrogens is 720 g/mol. The van der Waals surface area contributed by atoms with E-state index in [1.807, 2.05) is 60.7 Å². The number of hydrogen-bond donors (Lipinski definition) is 1. The molecule has 1 N–H and O–H groups in total. The molecule has 4 amide bonds. The van der Waals surface area contributed by atoms with Crippen LogP contribution in [0.1, 0.15) is 60.4 Å². The highest BCUT2D eigenvalue weighted by Gasteiger charge is 2.67. The zero-order valence-corrected chi connectivity index (χ0v) is 30.5. The molecule has 4 atom stereocenters. The molecule has 0 bridgehead atoms. The molecule has 0 radical (unpaired) electrons. The van der Waals surface area contributed by atoms with Gasteiger partial charge in [-0.1, -0.05) is 91.4 Å². The second kappa shape index (κ2) is 16.3. The van der Waals surface area contributed by atoms with Crippen molar-refractivity contribution in [2.75, 3.05) is 32.8 Å². The number of amides is 4. The first kappa shape index (κ1) is 37.5. The van der Waals surface area contributed by atoms with Crippen molar-refractivity contribution < 1.29 is 37.1 Å². The molecule has 0 saturated carbocycles. The monoisotopic (exact) mass is 762 g/mol. The standard InChI is InChI=1S/C40H42F3N5O5S/c41-40(42,43)31-16-10-13-29(25-31)26-44-37(50)54(39(52)46-23-19-32(20-24-46)45-21-8-3-9-22-45)48-33(18-17-28-11-4-1-5-12-28)35(36(48)49)47-34(27-53-38(47)51)30-14-6-2-7-15-30/h1-2,4-7,10-18,25,32-35H,3,8-9,19-24,26-27H2/p+1. The maximum atomic E-state index is 14.6. The van der Waals surface area contributed by atoms with Gasteiger partial charge in [0, 0.05) is 25.7 Å². The number of rotatable bonds is 8. The van der Waals surface area contributed by atoms with Crippen molar-refractivity contribution in [3.8, 4) is 0 Å². The molecule has 284 valence electrons. The summed E-state index contributed by atoms with van der Waals surface area (Å²) in [5.41, 5.74) is 0.902. The van der Waals surface area contributed by atoms with Gasteiger partial charge in [0.1, 0.15) is 18.7 Å². The fraction of sp³-hybridized carbons (Fsp3) is 0.400. The van der Waals surface area contributed by atoms with Gasteiger partial charge in [0.15, 0.2) is 0 Å². The number of β-lactam (4-membered cyclic amide) rings is 1. The predicted molar refractivity (Wildman–Crippen MR) is 199 cm³/mol. The highest BCUT2D eigenvalue weighted by atomic mass is 32.2. The molecule has 14 heteroatoms. The first-order valence-electron chi connectivity index (χ1n) is 18.4. The second-order valence-corrected chi connectivity index (χ2v) is 15.7. The Morgan fingerprint density at radius 2 is 1.56 bits per heavy atom. The highest BCUT2D eigenvalue weighted by Crippen LogP contribution is 2.40. The van der Waals surface area contributed by atoms with Gasteiger partial charge < -0.3 is 15.0 Å². The molecule has 7 rings (SSSR count). The van der Waals surface area contributed by atoms with Crippen LogP contribution in [-0.2, 0) is 33.3 Å². The van der Waals surface area contributed by atoms with Crippen LogP contribution < -0.4 is 5.32 Å². The number of hydrogen-bond acceptors (Lipinski definition) is 6. The molecule has 0 spiro atoms. The SMILES string of the molecule is O=C1OCC(c2ccccc2)N1C1C(=O)N([S+](C(=O)NCc2cccc(C(F)(F)F)c2)C(=O)N2CCC(N3CCCCC3)CC2)C1C=Cc1ccccc1. The molecule has 10 nitrogen and oxygen atoms in total. The average Bonchev–Trinajstić information content (AvgIpc) is 3.57. The molecule has 4 saturated heterocycles. The van der Waals surface area contributed by atoms with Crippen LogP contribution in [-0.4, -0.2) is 92.4 Å². The van der Waals surface area contributed by atoms with E-state index in [-0.39, 0.29) is 18.7 Å². The number of ether oxygens (including phenoxy) is 1. The van der Waals surface area contributed by atoms with Crippen molar-refractivity contribution in [3.05, 3.63) is 113 Å². The number of nitrogens with one attached hydrogen (secondary N) is 1. The van der Waals surface area contributed by atoms with Gasteiger partial charge in [0.2, 0.25) is 0 Å². The zero-order chi connectivity index (χ0) is 37.8. The van der Waals surface area contributed by atoms with Crippen LogP contribution in [0.2, 0.25) is 0 Å². The third-order valence-corrected chi connectivity index (χ3v) is 12.5. The van der Waals surface area contributed by atoms with Gasteiger partial charge in [-0.25, -0.2) is 14.4 Å². The van der Waals surface area contributed by atoms with Gasteiger partial charge >= 0.3 is 33.8 Å². The Bertz CT molecular complexity index is 1850. The maximum Gasteiger partial charge on any atom is 0.469 e. The van der Waals surface area contributed by atoms with Crippen LogP contribution in [0.5, 0.6) is 0 Å². The normalized spacial score (nSPS) is 23.3. The Kier molecular flexibility index (Phi) is 11.3. The zero-order valence-electron chi connectivity index (χ0n) is 29.7. The quantitative estimate of drug-likeness (QED) is 0.196. The van der Waals surface area contributed by atoms with Crippen LogP contribution in [0.4, 0.5) is 27.6 Å². The number of piperidine rings is 2. The van der Waals surface area contributed by atoms with E-state index in [4.69, 9.17) is 4.74 Å². The topological polar surface area (TPSA) is 102 Å². The number of benzene rings is 3. The lowest BCUT2D eigenvalue weighted by Crippen LogP contribution is -2.74. The van der Waals surface area contributed by atoms with Crippen molar-refractivity contribution in [2.45, 2.75) is 69.0 Å². The summed E-state index contributed by atoms with van der Waals surface area (Å²) >= 11 is -2.03. The van der Waals surface area contributed by atoms with Gasteiger partial charge in [-0.3, -0.25) is 14.6 Å². The minimum Gasteiger partial charge on any atom is -0.447 e. The Labute approximate surface area is 315 Å². The smallest absolute Gasteiger partial charge is 0.447 e. The van der Waals surface area contributed by atoms with Gasteiger partial charge in [-0.05, 0) is 67.6 Å². The molecule has 4 heterocycles. The number of halogens is 3. The van der Waals surface area contributed by atoms with E-state index in [2.05, 4.69) is 10.2 Å². The van der Waals surface area contributed by atoms with E-state index in [0.717, 1.165) is 62.0 Å². The highest BCUT2D eigenvalue weighted by molar-refractivity contribution is 8.21. The van der Waals surface area contributed by atoms with Gasteiger partial charge in [-0.15, -0.1) is 4.31 Å². The van der Waals surface area contributed by atoms with Gasteiger partial charge in [0.25, 0.3) is 5.91 Å². The average molecular weight is 763 g/mol. The molecule has 3 aromatic carbocycles. The number of cyclic esters (lactones) is 1. The van der Waals surface area contributed by atoms with Crippen LogP contribution in [0.25, 0.3) is 6.08 Å². The van der Waals surface area contributed by atoms with E-state index in [1.54, 1.807) is 17.1 Å². The summed E-state index contributed by atoms with van der Waals surface area (Å²) < 4.78 is 47.2. The summed E-state index contributed by atoms with van der Waals surface area (Å²) in [6.07, 6.45) is 3.19. The Morgan fingerprint density at radius 3 is 2.24 bits per heavy atom. The third kappa shape index (κ3) is 8.00. The predicted octanol–water partition coefficient (Wildman–Crippen LogP) is 7.00. The summed E-state index contributed by atoms with van der Waals surface area (Å²) in [6.45, 7) is 2.56. The van der Waals surface area contributed by atoms with Gasteiger partial charge in [-0.2, -0.15) is 13.2 Å². The minimum absolute atomic E-state index is 0.0236. The molecule has 0 aromatic heterocycles. The Morgan fingerprint density at radius 1 is 0.870 bits per heavy atom. The van der Waals surface area contributed by atoms with E-state index in [0.29, 0.717) is 19.1 Å². The summed E-state index contributed by atoms with van der Waals surface area (Å²) in [5, 5.41) is 1.35. The van der Waals surface area contributed by atoms with Crippen LogP contribution in [0.15, 0.2) is 91.0 Å². The lowest BCUT2D eigenvalue weighted by atomic mass is 9.93. The van der Waals surface area contributed by atoms with E-state index in [9.17, 15) is 32.3 Å². The second-order valence-electron chi connectivity index (χ2n) is 14.0. The number of alkyl halides is 3.